The average molecular weight is 392 g/mol. The molecule has 2 heterocycles. The van der Waals surface area contributed by atoms with Crippen LogP contribution in [0.25, 0.3) is 0 Å². The van der Waals surface area contributed by atoms with Gasteiger partial charge in [0, 0.05) is 38.3 Å². The lowest BCUT2D eigenvalue weighted by Gasteiger charge is -2.45. The molecule has 1 saturated carbocycles. The Bertz CT molecular complexity index is 592. The van der Waals surface area contributed by atoms with Gasteiger partial charge in [0.25, 0.3) is 0 Å². The number of anilines is 1. The molecule has 0 bridgehead atoms. The molecule has 2 aliphatic rings. The molecule has 2 N–H and O–H groups in total. The van der Waals surface area contributed by atoms with Gasteiger partial charge in [-0.05, 0) is 63.2 Å². The molecule has 0 radical (unpaired) electrons. The summed E-state index contributed by atoms with van der Waals surface area (Å²) in [7, 11) is 6.36. The number of hydrogen-bond donors (Lipinski definition) is 2. The number of rotatable bonds is 5. The monoisotopic (exact) mass is 391 g/mol. The van der Waals surface area contributed by atoms with Gasteiger partial charge in [-0.2, -0.15) is 0 Å². The maximum Gasteiger partial charge on any atom is 0.191 e. The largest absolute Gasteiger partial charge is 0.363 e. The molecule has 27 heavy (non-hydrogen) atoms. The van der Waals surface area contributed by atoms with Gasteiger partial charge >= 0.3 is 0 Å². The molecule has 152 valence electrons. The van der Waals surface area contributed by atoms with Crippen molar-refractivity contribution in [2.24, 2.45) is 10.9 Å². The Morgan fingerprint density at radius 2 is 2.11 bits per heavy atom. The molecule has 0 aromatic carbocycles. The third-order valence-electron chi connectivity index (χ3n) is 6.48. The fraction of sp³-hybridized carbons (Fsp3) is 0.762. The van der Waals surface area contributed by atoms with Crippen molar-refractivity contribution in [3.8, 4) is 0 Å². The second-order valence-corrected chi connectivity index (χ2v) is 9.53. The van der Waals surface area contributed by atoms with Gasteiger partial charge < -0.3 is 20.4 Å². The third kappa shape index (κ3) is 5.17. The van der Waals surface area contributed by atoms with E-state index in [1.54, 1.807) is 0 Å². The Morgan fingerprint density at radius 3 is 2.70 bits per heavy atom. The first-order valence-electron chi connectivity index (χ1n) is 10.5. The number of nitrogens with one attached hydrogen (secondary N) is 2. The lowest BCUT2D eigenvalue weighted by Crippen LogP contribution is -2.57. The van der Waals surface area contributed by atoms with Crippen LogP contribution in [0.15, 0.2) is 22.5 Å². The number of guanidine groups is 1. The van der Waals surface area contributed by atoms with E-state index in [4.69, 9.17) is 0 Å². The van der Waals surface area contributed by atoms with Crippen molar-refractivity contribution in [3.63, 3.8) is 0 Å². The lowest BCUT2D eigenvalue weighted by atomic mass is 9.75. The minimum atomic E-state index is 0.248. The summed E-state index contributed by atoms with van der Waals surface area (Å²) in [6.45, 7) is 5.60. The van der Waals surface area contributed by atoms with Gasteiger partial charge in [0.15, 0.2) is 5.96 Å². The molecule has 2 unspecified atom stereocenters. The van der Waals surface area contributed by atoms with Gasteiger partial charge in [-0.1, -0.05) is 19.8 Å². The van der Waals surface area contributed by atoms with E-state index in [1.165, 1.54) is 30.7 Å². The van der Waals surface area contributed by atoms with Crippen molar-refractivity contribution in [2.75, 3.05) is 45.7 Å². The summed E-state index contributed by atoms with van der Waals surface area (Å²) < 4.78 is 0. The normalized spacial score (nSPS) is 27.8. The molecule has 0 spiro atoms. The van der Waals surface area contributed by atoms with Crippen molar-refractivity contribution in [1.29, 1.82) is 0 Å². The summed E-state index contributed by atoms with van der Waals surface area (Å²) in [6.07, 6.45) is 7.55. The number of piperidine rings is 1. The Hall–Kier alpha value is -1.27. The molecule has 1 aromatic heterocycles. The molecule has 0 amide bonds. The summed E-state index contributed by atoms with van der Waals surface area (Å²) in [5, 5.41) is 10.9. The average Bonchev–Trinajstić information content (AvgIpc) is 3.20. The van der Waals surface area contributed by atoms with Crippen LogP contribution in [0.3, 0.4) is 0 Å². The fourth-order valence-corrected chi connectivity index (χ4v) is 5.47. The van der Waals surface area contributed by atoms with E-state index in [2.05, 4.69) is 64.0 Å². The van der Waals surface area contributed by atoms with Crippen LogP contribution < -0.4 is 15.5 Å². The van der Waals surface area contributed by atoms with Crippen LogP contribution in [0, 0.1) is 5.92 Å². The SMILES string of the molecule is CN=C(NCC1(N(C)C)CCCC(C)C1)NC1CCN(c2cccs2)CC1. The van der Waals surface area contributed by atoms with Crippen LogP contribution in [0.4, 0.5) is 5.00 Å². The van der Waals surface area contributed by atoms with E-state index in [-0.39, 0.29) is 5.54 Å². The number of hydrogen-bond acceptors (Lipinski definition) is 4. The zero-order chi connectivity index (χ0) is 19.3. The topological polar surface area (TPSA) is 42.9 Å². The minimum Gasteiger partial charge on any atom is -0.363 e. The quantitative estimate of drug-likeness (QED) is 0.596. The first kappa shape index (κ1) is 20.5. The van der Waals surface area contributed by atoms with E-state index < -0.39 is 0 Å². The molecular weight excluding hydrogens is 354 g/mol. The molecule has 1 aliphatic carbocycles. The van der Waals surface area contributed by atoms with Gasteiger partial charge in [0.2, 0.25) is 0 Å². The zero-order valence-electron chi connectivity index (χ0n) is 17.5. The summed E-state index contributed by atoms with van der Waals surface area (Å²) in [6, 6.07) is 4.88. The van der Waals surface area contributed by atoms with Gasteiger partial charge in [0.05, 0.1) is 5.00 Å². The van der Waals surface area contributed by atoms with Crippen molar-refractivity contribution >= 4 is 22.3 Å². The second kappa shape index (κ2) is 9.28. The van der Waals surface area contributed by atoms with E-state index in [0.717, 1.165) is 44.4 Å². The van der Waals surface area contributed by atoms with Crippen molar-refractivity contribution in [3.05, 3.63) is 17.5 Å². The van der Waals surface area contributed by atoms with Crippen LogP contribution in [0.1, 0.15) is 45.4 Å². The fourth-order valence-electron chi connectivity index (χ4n) is 4.69. The number of thiophene rings is 1. The predicted octanol–water partition coefficient (Wildman–Crippen LogP) is 3.39. The third-order valence-corrected chi connectivity index (χ3v) is 7.41. The summed E-state index contributed by atoms with van der Waals surface area (Å²) in [4.78, 5) is 9.45. The highest BCUT2D eigenvalue weighted by atomic mass is 32.1. The van der Waals surface area contributed by atoms with Gasteiger partial charge in [-0.3, -0.25) is 4.99 Å². The highest BCUT2D eigenvalue weighted by molar-refractivity contribution is 7.14. The molecular formula is C21H37N5S. The number of nitrogens with zero attached hydrogens (tertiary/aromatic N) is 3. The van der Waals surface area contributed by atoms with Crippen molar-refractivity contribution in [2.45, 2.75) is 57.0 Å². The molecule has 5 nitrogen and oxygen atoms in total. The smallest absolute Gasteiger partial charge is 0.191 e. The Morgan fingerprint density at radius 1 is 1.33 bits per heavy atom. The van der Waals surface area contributed by atoms with Crippen LogP contribution in [0.2, 0.25) is 0 Å². The van der Waals surface area contributed by atoms with E-state index >= 15 is 0 Å². The molecule has 2 fully saturated rings. The number of likely N-dealkylation sites (N-methyl/N-ethyl adjacent to an activating group) is 1. The molecule has 1 aliphatic heterocycles. The van der Waals surface area contributed by atoms with Crippen LogP contribution in [-0.4, -0.2) is 63.2 Å². The van der Waals surface area contributed by atoms with Crippen LogP contribution >= 0.6 is 11.3 Å². The summed E-state index contributed by atoms with van der Waals surface area (Å²) in [5.74, 6) is 1.77. The van der Waals surface area contributed by atoms with Gasteiger partial charge in [0.1, 0.15) is 0 Å². The van der Waals surface area contributed by atoms with Gasteiger partial charge in [-0.25, -0.2) is 0 Å². The van der Waals surface area contributed by atoms with Crippen LogP contribution in [-0.2, 0) is 0 Å². The highest BCUT2D eigenvalue weighted by Crippen LogP contribution is 2.35. The molecule has 6 heteroatoms. The van der Waals surface area contributed by atoms with Crippen molar-refractivity contribution in [1.82, 2.24) is 15.5 Å². The van der Waals surface area contributed by atoms with E-state index in [0.29, 0.717) is 6.04 Å². The highest BCUT2D eigenvalue weighted by Gasteiger charge is 2.37. The lowest BCUT2D eigenvalue weighted by molar-refractivity contribution is 0.0795. The molecule has 3 rings (SSSR count). The molecule has 1 saturated heterocycles. The van der Waals surface area contributed by atoms with E-state index in [1.807, 2.05) is 18.4 Å². The van der Waals surface area contributed by atoms with Crippen molar-refractivity contribution < 1.29 is 0 Å². The Balaban J connectivity index is 1.49. The Kier molecular flexibility index (Phi) is 7.04. The van der Waals surface area contributed by atoms with Gasteiger partial charge in [-0.15, -0.1) is 11.3 Å². The number of aliphatic imine (C=N–C) groups is 1. The first-order valence-corrected chi connectivity index (χ1v) is 11.3. The molecule has 2 atom stereocenters. The summed E-state index contributed by atoms with van der Waals surface area (Å²) in [5.41, 5.74) is 0.248. The first-order chi connectivity index (χ1) is 13.0. The van der Waals surface area contributed by atoms with E-state index in [9.17, 15) is 0 Å². The Labute approximate surface area is 169 Å². The second-order valence-electron chi connectivity index (χ2n) is 8.60. The maximum atomic E-state index is 4.51. The zero-order valence-corrected chi connectivity index (χ0v) is 18.3. The minimum absolute atomic E-state index is 0.248. The van der Waals surface area contributed by atoms with Crippen LogP contribution in [0.5, 0.6) is 0 Å². The summed E-state index contributed by atoms with van der Waals surface area (Å²) >= 11 is 1.84. The predicted molar refractivity (Wildman–Crippen MR) is 118 cm³/mol. The molecule has 1 aromatic rings. The maximum absolute atomic E-state index is 4.51. The standard InChI is InChI=1S/C21H37N5S/c1-17-7-5-11-21(15-17,25(3)4)16-23-20(22-2)24-18-9-12-26(13-10-18)19-8-6-14-27-19/h6,8,14,17-18H,5,7,9-13,15-16H2,1-4H3,(H2,22,23,24).